The molecule has 0 rings (SSSR count). The minimum atomic E-state index is -0.934. The van der Waals surface area contributed by atoms with Crippen LogP contribution in [0.15, 0.2) is 12.7 Å². The van der Waals surface area contributed by atoms with E-state index in [4.69, 9.17) is 47.7 Å². The van der Waals surface area contributed by atoms with Gasteiger partial charge in [0.1, 0.15) is 25.3 Å². The number of hydrogen-bond donors (Lipinski definition) is 2. The second kappa shape index (κ2) is 34.1. The summed E-state index contributed by atoms with van der Waals surface area (Å²) in [4.78, 5) is 77.1. The lowest BCUT2D eigenvalue weighted by Crippen LogP contribution is -2.47. The van der Waals surface area contributed by atoms with E-state index < -0.39 is 35.4 Å². The van der Waals surface area contributed by atoms with Gasteiger partial charge in [-0.05, 0) is 20.8 Å². The zero-order valence-corrected chi connectivity index (χ0v) is 34.5. The number of carbonyl (C=O) groups is 6. The Kier molecular flexibility index (Phi) is 31.8. The Labute approximate surface area is 336 Å². The van der Waals surface area contributed by atoms with Crippen LogP contribution in [0, 0.1) is 0 Å². The molecule has 0 spiro atoms. The topological polar surface area (TPSA) is 227 Å². The first-order valence-electron chi connectivity index (χ1n) is 18.9. The van der Waals surface area contributed by atoms with Crippen molar-refractivity contribution in [3.05, 3.63) is 12.7 Å². The predicted molar refractivity (Wildman–Crippen MR) is 204 cm³/mol. The summed E-state index contributed by atoms with van der Waals surface area (Å²) in [5.74, 6) is -2.57. The van der Waals surface area contributed by atoms with E-state index in [-0.39, 0.29) is 137 Å². The largest absolute Gasteiger partial charge is 0.481 e. The van der Waals surface area contributed by atoms with Gasteiger partial charge in [0.05, 0.1) is 112 Å². The van der Waals surface area contributed by atoms with Gasteiger partial charge in [0, 0.05) is 33.7 Å². The average Bonchev–Trinajstić information content (AvgIpc) is 3.14. The van der Waals surface area contributed by atoms with Crippen LogP contribution in [-0.4, -0.2) is 207 Å². The molecule has 57 heavy (non-hydrogen) atoms. The number of aliphatic carboxylic acids is 1. The molecule has 330 valence electrons. The summed E-state index contributed by atoms with van der Waals surface area (Å²) in [5, 5.41) is 11.2. The molecule has 0 unspecified atom stereocenters. The molecule has 0 aliphatic heterocycles. The fourth-order valence-electron chi connectivity index (χ4n) is 4.03. The van der Waals surface area contributed by atoms with Crippen molar-refractivity contribution in [3.63, 3.8) is 0 Å². The van der Waals surface area contributed by atoms with Gasteiger partial charge in [0.15, 0.2) is 0 Å². The minimum Gasteiger partial charge on any atom is -0.481 e. The van der Waals surface area contributed by atoms with Gasteiger partial charge >= 0.3 is 18.0 Å². The van der Waals surface area contributed by atoms with Crippen LogP contribution in [0.1, 0.15) is 40.0 Å². The Morgan fingerprint density at radius 2 is 1.02 bits per heavy atom. The van der Waals surface area contributed by atoms with Gasteiger partial charge in [-0.2, -0.15) is 0 Å². The molecule has 0 atom stereocenters. The number of alkyl carbamates (subject to hydrolysis) is 1. The van der Waals surface area contributed by atoms with Crippen LogP contribution in [0.4, 0.5) is 4.79 Å². The van der Waals surface area contributed by atoms with Gasteiger partial charge in [0.25, 0.3) is 0 Å². The molecule has 0 saturated heterocycles. The number of rotatable bonds is 36. The van der Waals surface area contributed by atoms with E-state index in [0.717, 1.165) is 0 Å². The van der Waals surface area contributed by atoms with Crippen LogP contribution in [0.3, 0.4) is 0 Å². The zero-order valence-electron chi connectivity index (χ0n) is 34.5. The SMILES string of the molecule is C=CCOC(=O)CCOCCOCCOCCN(C)C(=O)CN(CC(=O)N(C)CCOCCOCCOCCC(=O)O)C(=O)CCOCCNC(=O)OC(C)(C)C. The van der Waals surface area contributed by atoms with Crippen molar-refractivity contribution in [1.82, 2.24) is 20.0 Å². The average molecular weight is 823 g/mol. The van der Waals surface area contributed by atoms with Gasteiger partial charge in [0.2, 0.25) is 17.7 Å². The van der Waals surface area contributed by atoms with Crippen molar-refractivity contribution < 1.29 is 76.5 Å². The highest BCUT2D eigenvalue weighted by Gasteiger charge is 2.23. The number of carboxylic acid groups (broad SMARTS) is 1. The Morgan fingerprint density at radius 3 is 1.47 bits per heavy atom. The highest BCUT2D eigenvalue weighted by molar-refractivity contribution is 5.89. The van der Waals surface area contributed by atoms with E-state index in [0.29, 0.717) is 19.8 Å². The maximum atomic E-state index is 13.2. The Bertz CT molecular complexity index is 1150. The number of esters is 1. The van der Waals surface area contributed by atoms with E-state index in [1.54, 1.807) is 34.9 Å². The lowest BCUT2D eigenvalue weighted by molar-refractivity contribution is -0.145. The molecular weight excluding hydrogens is 756 g/mol. The molecule has 0 radical (unpaired) electrons. The summed E-state index contributed by atoms with van der Waals surface area (Å²) in [6.07, 6.45) is 0.854. The number of likely N-dealkylation sites (N-methyl/N-ethyl adjacent to an activating group) is 2. The van der Waals surface area contributed by atoms with Gasteiger partial charge in [-0.1, -0.05) is 12.7 Å². The third-order valence-electron chi connectivity index (χ3n) is 7.13. The maximum absolute atomic E-state index is 13.2. The van der Waals surface area contributed by atoms with E-state index in [9.17, 15) is 28.8 Å². The van der Waals surface area contributed by atoms with Crippen LogP contribution in [0.25, 0.3) is 0 Å². The number of hydrogen-bond acceptors (Lipinski definition) is 15. The molecule has 0 saturated carbocycles. The van der Waals surface area contributed by atoms with E-state index >= 15 is 0 Å². The molecule has 0 aromatic carbocycles. The summed E-state index contributed by atoms with van der Waals surface area (Å²) >= 11 is 0. The number of ether oxygens (including phenoxy) is 9. The molecule has 0 aromatic heterocycles. The van der Waals surface area contributed by atoms with Crippen molar-refractivity contribution in [2.24, 2.45) is 0 Å². The molecule has 4 amide bonds. The summed E-state index contributed by atoms with van der Waals surface area (Å²) in [7, 11) is 3.13. The number of nitrogens with one attached hydrogen (secondary N) is 1. The summed E-state index contributed by atoms with van der Waals surface area (Å²) in [6.45, 7) is 11.9. The number of amides is 4. The lowest BCUT2D eigenvalue weighted by Gasteiger charge is -2.27. The molecule has 0 aliphatic carbocycles. The fourth-order valence-corrected chi connectivity index (χ4v) is 4.03. The van der Waals surface area contributed by atoms with E-state index in [1.165, 1.54) is 20.8 Å². The molecule has 2 N–H and O–H groups in total. The van der Waals surface area contributed by atoms with Gasteiger partial charge < -0.3 is 67.8 Å². The highest BCUT2D eigenvalue weighted by atomic mass is 16.6. The molecular formula is C37H66N4O16. The quantitative estimate of drug-likeness (QED) is 0.0494. The molecule has 0 heterocycles. The molecule has 0 bridgehead atoms. The number of carboxylic acids is 1. The van der Waals surface area contributed by atoms with Crippen LogP contribution >= 0.6 is 0 Å². The van der Waals surface area contributed by atoms with Crippen LogP contribution < -0.4 is 5.32 Å². The van der Waals surface area contributed by atoms with Crippen molar-refractivity contribution >= 4 is 35.8 Å². The summed E-state index contributed by atoms with van der Waals surface area (Å²) in [5.41, 5.74) is -0.644. The Hall–Kier alpha value is -3.92. The monoisotopic (exact) mass is 822 g/mol. The van der Waals surface area contributed by atoms with E-state index in [1.807, 2.05) is 0 Å². The number of carbonyl (C=O) groups excluding carboxylic acids is 5. The number of nitrogens with zero attached hydrogens (tertiary/aromatic N) is 3. The molecule has 0 aliphatic rings. The molecule has 20 nitrogen and oxygen atoms in total. The minimum absolute atomic E-state index is 0.00344. The standard InChI is InChI=1S/C37H66N4O16/c1-7-14-56-35(47)10-17-51-22-26-55-28-24-53-20-13-40(6)33(44)30-41(31(42)8-15-49-18-11-38-36(48)57-37(2,3)4)29-32(43)39(5)12-19-52-23-27-54-25-21-50-16-9-34(45)46/h7H,1,8-30H2,2-6H3,(H,38,48)(H,45,46). The lowest BCUT2D eigenvalue weighted by atomic mass is 10.2. The Morgan fingerprint density at radius 1 is 0.596 bits per heavy atom. The van der Waals surface area contributed by atoms with Gasteiger partial charge in [-0.15, -0.1) is 0 Å². The summed E-state index contributed by atoms with van der Waals surface area (Å²) in [6, 6.07) is 0. The summed E-state index contributed by atoms with van der Waals surface area (Å²) < 4.78 is 47.9. The molecule has 0 aromatic rings. The van der Waals surface area contributed by atoms with Gasteiger partial charge in [-0.25, -0.2) is 4.79 Å². The van der Waals surface area contributed by atoms with Crippen molar-refractivity contribution in [2.45, 2.75) is 45.6 Å². The third-order valence-corrected chi connectivity index (χ3v) is 7.13. The van der Waals surface area contributed by atoms with Crippen LogP contribution in [0.5, 0.6) is 0 Å². The van der Waals surface area contributed by atoms with Crippen LogP contribution in [0.2, 0.25) is 0 Å². The van der Waals surface area contributed by atoms with Crippen molar-refractivity contribution in [3.8, 4) is 0 Å². The first kappa shape index (κ1) is 53.1. The first-order chi connectivity index (χ1) is 27.2. The molecule has 20 heteroatoms. The zero-order chi connectivity index (χ0) is 42.7. The van der Waals surface area contributed by atoms with E-state index in [2.05, 4.69) is 11.9 Å². The normalized spacial score (nSPS) is 11.1. The first-order valence-corrected chi connectivity index (χ1v) is 18.9. The Balaban J connectivity index is 4.69. The predicted octanol–water partition coefficient (Wildman–Crippen LogP) is 0.357. The molecule has 0 fully saturated rings. The van der Waals surface area contributed by atoms with Crippen molar-refractivity contribution in [2.75, 3.05) is 146 Å². The van der Waals surface area contributed by atoms with Gasteiger partial charge in [-0.3, -0.25) is 24.0 Å². The second-order valence-electron chi connectivity index (χ2n) is 13.2. The maximum Gasteiger partial charge on any atom is 0.407 e. The van der Waals surface area contributed by atoms with Crippen LogP contribution in [-0.2, 0) is 66.6 Å². The van der Waals surface area contributed by atoms with Crippen molar-refractivity contribution in [1.29, 1.82) is 0 Å². The highest BCUT2D eigenvalue weighted by Crippen LogP contribution is 2.06. The fraction of sp³-hybridized carbons (Fsp3) is 0.784. The second-order valence-corrected chi connectivity index (χ2v) is 13.2. The smallest absolute Gasteiger partial charge is 0.407 e. The third kappa shape index (κ3) is 33.9.